The van der Waals surface area contributed by atoms with Gasteiger partial charge >= 0.3 is 12.1 Å². The fraction of sp³-hybridized carbons (Fsp3) is 0.154. The number of esters is 1. The van der Waals surface area contributed by atoms with E-state index in [0.717, 1.165) is 12.1 Å². The number of hydrogen-bond donors (Lipinski definition) is 1. The number of carbonyl (C=O) groups excluding carboxylic acids is 2. The Balaban J connectivity index is 1.82. The van der Waals surface area contributed by atoms with E-state index in [1.54, 1.807) is 48.5 Å². The summed E-state index contributed by atoms with van der Waals surface area (Å²) in [4.78, 5) is 25.6. The van der Waals surface area contributed by atoms with Crippen molar-refractivity contribution in [1.82, 2.24) is 0 Å². The van der Waals surface area contributed by atoms with E-state index in [4.69, 9.17) is 25.8 Å². The van der Waals surface area contributed by atoms with Crippen LogP contribution in [0.15, 0.2) is 72.8 Å². The third kappa shape index (κ3) is 6.79. The van der Waals surface area contributed by atoms with Gasteiger partial charge < -0.3 is 19.5 Å². The molecule has 3 rings (SSSR count). The van der Waals surface area contributed by atoms with Crippen LogP contribution in [0.3, 0.4) is 0 Å². The van der Waals surface area contributed by atoms with Crippen molar-refractivity contribution in [2.75, 3.05) is 19.5 Å². The van der Waals surface area contributed by atoms with Gasteiger partial charge in [-0.05, 0) is 36.4 Å². The van der Waals surface area contributed by atoms with Gasteiger partial charge in [-0.25, -0.2) is 4.79 Å². The zero-order chi connectivity index (χ0) is 26.3. The first kappa shape index (κ1) is 26.6. The molecule has 0 aliphatic rings. The van der Waals surface area contributed by atoms with Gasteiger partial charge in [0, 0.05) is 29.0 Å². The van der Waals surface area contributed by atoms with Crippen LogP contribution in [0.2, 0.25) is 5.02 Å². The van der Waals surface area contributed by atoms with Crippen LogP contribution in [0, 0.1) is 0 Å². The molecule has 1 atom stereocenters. The largest absolute Gasteiger partial charge is 0.497 e. The lowest BCUT2D eigenvalue weighted by molar-refractivity contribution is -0.149. The van der Waals surface area contributed by atoms with Crippen LogP contribution >= 0.6 is 11.6 Å². The summed E-state index contributed by atoms with van der Waals surface area (Å²) in [6.07, 6.45) is -3.60. The second kappa shape index (κ2) is 11.6. The van der Waals surface area contributed by atoms with E-state index in [1.807, 2.05) is 0 Å². The van der Waals surface area contributed by atoms with Crippen LogP contribution in [0.4, 0.5) is 18.9 Å². The van der Waals surface area contributed by atoms with E-state index in [-0.39, 0.29) is 5.69 Å². The number of benzene rings is 3. The zero-order valence-corrected chi connectivity index (χ0v) is 19.9. The van der Waals surface area contributed by atoms with Crippen molar-refractivity contribution in [3.05, 3.63) is 94.5 Å². The van der Waals surface area contributed by atoms with Gasteiger partial charge in [0.15, 0.2) is 0 Å². The summed E-state index contributed by atoms with van der Waals surface area (Å²) in [7, 11) is 2.96. The quantitative estimate of drug-likeness (QED) is 0.279. The van der Waals surface area contributed by atoms with Gasteiger partial charge in [0.05, 0.1) is 24.8 Å². The highest BCUT2D eigenvalue weighted by molar-refractivity contribution is 6.31. The lowest BCUT2D eigenvalue weighted by Gasteiger charge is -2.18. The Bertz CT molecular complexity index is 1260. The molecular formula is C26H21ClF3NO5. The number of anilines is 1. The average molecular weight is 520 g/mol. The number of alkyl halides is 3. The van der Waals surface area contributed by atoms with Gasteiger partial charge in [0.1, 0.15) is 11.5 Å². The van der Waals surface area contributed by atoms with Crippen LogP contribution in [0.25, 0.3) is 6.08 Å². The van der Waals surface area contributed by atoms with Gasteiger partial charge in [-0.1, -0.05) is 41.9 Å². The van der Waals surface area contributed by atoms with Gasteiger partial charge in [-0.2, -0.15) is 13.2 Å². The minimum Gasteiger partial charge on any atom is -0.497 e. The number of hydrogen-bond acceptors (Lipinski definition) is 5. The molecule has 1 amide bonds. The smallest absolute Gasteiger partial charge is 0.417 e. The third-order valence-electron chi connectivity index (χ3n) is 4.95. The van der Waals surface area contributed by atoms with Gasteiger partial charge in [0.2, 0.25) is 6.10 Å². The first-order valence-corrected chi connectivity index (χ1v) is 10.8. The molecule has 6 nitrogen and oxygen atoms in total. The van der Waals surface area contributed by atoms with Gasteiger partial charge in [-0.3, -0.25) is 4.79 Å². The summed E-state index contributed by atoms with van der Waals surface area (Å²) in [5, 5.41) is 1.85. The second-order valence-corrected chi connectivity index (χ2v) is 7.76. The Morgan fingerprint density at radius 2 is 1.69 bits per heavy atom. The normalized spacial score (nSPS) is 12.2. The molecule has 0 aliphatic heterocycles. The number of carbonyl (C=O) groups is 2. The van der Waals surface area contributed by atoms with E-state index in [2.05, 4.69) is 5.32 Å². The van der Waals surface area contributed by atoms with Crippen molar-refractivity contribution in [3.63, 3.8) is 0 Å². The monoisotopic (exact) mass is 519 g/mol. The number of rotatable bonds is 8. The highest BCUT2D eigenvalue weighted by Crippen LogP contribution is 2.36. The highest BCUT2D eigenvalue weighted by Gasteiger charge is 2.34. The molecule has 3 aromatic carbocycles. The topological polar surface area (TPSA) is 73.9 Å². The lowest BCUT2D eigenvalue weighted by atomic mass is 10.1. The number of ether oxygens (including phenoxy) is 3. The summed E-state index contributed by atoms with van der Waals surface area (Å²) in [6.45, 7) is 0. The molecule has 0 radical (unpaired) electrons. The number of amides is 1. The predicted molar refractivity (Wildman–Crippen MR) is 129 cm³/mol. The molecule has 0 heterocycles. The molecule has 10 heteroatoms. The van der Waals surface area contributed by atoms with Crippen LogP contribution in [0.1, 0.15) is 22.8 Å². The van der Waals surface area contributed by atoms with Crippen molar-refractivity contribution >= 4 is 35.2 Å². The first-order chi connectivity index (χ1) is 17.1. The molecule has 0 bridgehead atoms. The molecule has 36 heavy (non-hydrogen) atoms. The van der Waals surface area contributed by atoms with E-state index in [1.165, 1.54) is 26.4 Å². The average Bonchev–Trinajstić information content (AvgIpc) is 2.86. The maximum Gasteiger partial charge on any atom is 0.417 e. The summed E-state index contributed by atoms with van der Waals surface area (Å²) in [5.74, 6) is -0.702. The summed E-state index contributed by atoms with van der Waals surface area (Å²) >= 11 is 5.64. The Morgan fingerprint density at radius 3 is 2.33 bits per heavy atom. The molecule has 0 saturated heterocycles. The van der Waals surface area contributed by atoms with Crippen LogP contribution < -0.4 is 14.8 Å². The SMILES string of the molecule is COc1ccc(/C=C/C(=O)O[C@H](C(=O)Nc2ccc(Cl)c(C(F)(F)F)c2)c2ccccc2)c(OC)c1. The predicted octanol–water partition coefficient (Wildman–Crippen LogP) is 6.31. The fourth-order valence-electron chi connectivity index (χ4n) is 3.20. The zero-order valence-electron chi connectivity index (χ0n) is 19.1. The summed E-state index contributed by atoms with van der Waals surface area (Å²) < 4.78 is 55.4. The Kier molecular flexibility index (Phi) is 8.60. The maximum atomic E-state index is 13.2. The minimum atomic E-state index is -4.71. The molecule has 0 saturated carbocycles. The van der Waals surface area contributed by atoms with Crippen molar-refractivity contribution in [2.24, 2.45) is 0 Å². The van der Waals surface area contributed by atoms with E-state index >= 15 is 0 Å². The van der Waals surface area contributed by atoms with Crippen molar-refractivity contribution in [1.29, 1.82) is 0 Å². The molecule has 0 fully saturated rings. The third-order valence-corrected chi connectivity index (χ3v) is 5.28. The number of nitrogens with one attached hydrogen (secondary N) is 1. The molecule has 0 spiro atoms. The highest BCUT2D eigenvalue weighted by atomic mass is 35.5. The van der Waals surface area contributed by atoms with Crippen LogP contribution in [-0.4, -0.2) is 26.1 Å². The Hall–Kier alpha value is -3.98. The summed E-state index contributed by atoms with van der Waals surface area (Å²) in [5.41, 5.74) is -0.389. The van der Waals surface area contributed by atoms with Crippen LogP contribution in [-0.2, 0) is 20.5 Å². The van der Waals surface area contributed by atoms with Crippen molar-refractivity contribution < 1.29 is 37.0 Å². The fourth-order valence-corrected chi connectivity index (χ4v) is 3.42. The minimum absolute atomic E-state index is 0.160. The van der Waals surface area contributed by atoms with E-state index in [9.17, 15) is 22.8 Å². The van der Waals surface area contributed by atoms with E-state index in [0.29, 0.717) is 28.7 Å². The number of methoxy groups -OCH3 is 2. The standard InChI is InChI=1S/C26H21ClF3NO5/c1-34-19-11-8-16(22(15-19)35-2)9-13-23(32)36-24(17-6-4-3-5-7-17)25(33)31-18-10-12-21(27)20(14-18)26(28,29)30/h3-15,24H,1-2H3,(H,31,33)/b13-9+/t24-/m0/s1. The van der Waals surface area contributed by atoms with E-state index < -0.39 is 34.7 Å². The van der Waals surface area contributed by atoms with Gasteiger partial charge in [-0.15, -0.1) is 0 Å². The van der Waals surface area contributed by atoms with Crippen LogP contribution in [0.5, 0.6) is 11.5 Å². The van der Waals surface area contributed by atoms with Crippen molar-refractivity contribution in [2.45, 2.75) is 12.3 Å². The molecular weight excluding hydrogens is 499 g/mol. The molecule has 188 valence electrons. The molecule has 3 aromatic rings. The first-order valence-electron chi connectivity index (χ1n) is 10.5. The lowest BCUT2D eigenvalue weighted by Crippen LogP contribution is -2.25. The van der Waals surface area contributed by atoms with Gasteiger partial charge in [0.25, 0.3) is 5.91 Å². The molecule has 1 N–H and O–H groups in total. The molecule has 0 aromatic heterocycles. The molecule has 0 unspecified atom stereocenters. The molecule has 0 aliphatic carbocycles. The second-order valence-electron chi connectivity index (χ2n) is 7.35. The maximum absolute atomic E-state index is 13.2. The Morgan fingerprint density at radius 1 is 0.972 bits per heavy atom. The summed E-state index contributed by atoms with van der Waals surface area (Å²) in [6, 6.07) is 16.0. The van der Waals surface area contributed by atoms with Crippen molar-refractivity contribution in [3.8, 4) is 11.5 Å². The number of halogens is 4. The Labute approximate surface area is 210 Å².